The molecule has 1 N–H and O–H groups in total. The largest absolute Gasteiger partial charge is 0.359 e. The Bertz CT molecular complexity index is 921. The summed E-state index contributed by atoms with van der Waals surface area (Å²) >= 11 is 1.72. The Labute approximate surface area is 183 Å². The van der Waals surface area contributed by atoms with Gasteiger partial charge in [-0.25, -0.2) is 0 Å². The van der Waals surface area contributed by atoms with E-state index in [4.69, 9.17) is 0 Å². The average Bonchev–Trinajstić information content (AvgIpc) is 3.48. The van der Waals surface area contributed by atoms with Gasteiger partial charge < -0.3 is 10.2 Å². The van der Waals surface area contributed by atoms with Crippen molar-refractivity contribution in [1.82, 2.24) is 10.2 Å². The lowest BCUT2D eigenvalue weighted by atomic mass is 9.73. The van der Waals surface area contributed by atoms with Crippen LogP contribution in [0.5, 0.6) is 0 Å². The summed E-state index contributed by atoms with van der Waals surface area (Å²) in [4.78, 5) is 29.3. The van der Waals surface area contributed by atoms with Crippen LogP contribution in [-0.4, -0.2) is 36.9 Å². The van der Waals surface area contributed by atoms with Gasteiger partial charge in [0.05, 0.1) is 5.41 Å². The van der Waals surface area contributed by atoms with Crippen LogP contribution in [0.3, 0.4) is 0 Å². The Kier molecular flexibility index (Phi) is 6.38. The summed E-state index contributed by atoms with van der Waals surface area (Å²) in [7, 11) is 1.71. The van der Waals surface area contributed by atoms with Gasteiger partial charge in [-0.15, -0.1) is 11.3 Å². The molecule has 1 aliphatic heterocycles. The summed E-state index contributed by atoms with van der Waals surface area (Å²) in [6.45, 7) is 1.25. The van der Waals surface area contributed by atoms with Crippen LogP contribution in [0.2, 0.25) is 0 Å². The van der Waals surface area contributed by atoms with E-state index in [0.717, 1.165) is 32.2 Å². The number of likely N-dealkylation sites (tertiary alicyclic amines) is 1. The molecule has 0 saturated carbocycles. The first-order valence-corrected chi connectivity index (χ1v) is 11.8. The highest BCUT2D eigenvalue weighted by Gasteiger charge is 2.43. The van der Waals surface area contributed by atoms with Crippen LogP contribution >= 0.6 is 11.3 Å². The van der Waals surface area contributed by atoms with E-state index in [1.54, 1.807) is 18.4 Å². The molecule has 4 nitrogen and oxygen atoms in total. The van der Waals surface area contributed by atoms with E-state index >= 15 is 0 Å². The van der Waals surface area contributed by atoms with Crippen molar-refractivity contribution in [2.24, 2.45) is 11.3 Å². The summed E-state index contributed by atoms with van der Waals surface area (Å²) in [5.74, 6) is 0.584. The Morgan fingerprint density at radius 3 is 2.83 bits per heavy atom. The van der Waals surface area contributed by atoms with Crippen molar-refractivity contribution < 1.29 is 9.59 Å². The highest BCUT2D eigenvalue weighted by atomic mass is 32.1. The zero-order valence-corrected chi connectivity index (χ0v) is 18.4. The maximum Gasteiger partial charge on any atom is 0.228 e. The van der Waals surface area contributed by atoms with E-state index in [9.17, 15) is 9.59 Å². The molecule has 2 aromatic rings. The van der Waals surface area contributed by atoms with Gasteiger partial charge in [-0.1, -0.05) is 42.5 Å². The number of nitrogens with zero attached hydrogens (tertiary/aromatic N) is 1. The number of rotatable bonds is 6. The first-order valence-electron chi connectivity index (χ1n) is 10.9. The van der Waals surface area contributed by atoms with E-state index in [0.29, 0.717) is 25.3 Å². The second-order valence-electron chi connectivity index (χ2n) is 8.56. The molecule has 1 fully saturated rings. The topological polar surface area (TPSA) is 49.4 Å². The molecule has 30 heavy (non-hydrogen) atoms. The fourth-order valence-electron chi connectivity index (χ4n) is 4.95. The van der Waals surface area contributed by atoms with E-state index < -0.39 is 5.41 Å². The van der Waals surface area contributed by atoms with Crippen molar-refractivity contribution in [2.75, 3.05) is 20.1 Å². The third kappa shape index (κ3) is 4.36. The monoisotopic (exact) mass is 422 g/mol. The van der Waals surface area contributed by atoms with Crippen LogP contribution in [0.4, 0.5) is 0 Å². The van der Waals surface area contributed by atoms with Gasteiger partial charge in [0.15, 0.2) is 0 Å². The van der Waals surface area contributed by atoms with Crippen LogP contribution in [0, 0.1) is 11.3 Å². The number of thiophene rings is 1. The highest BCUT2D eigenvalue weighted by molar-refractivity contribution is 7.13. The first-order chi connectivity index (χ1) is 14.6. The molecule has 2 amide bonds. The maximum absolute atomic E-state index is 13.1. The molecule has 1 aromatic carbocycles. The summed E-state index contributed by atoms with van der Waals surface area (Å²) in [6, 6.07) is 12.5. The summed E-state index contributed by atoms with van der Waals surface area (Å²) in [6.07, 6.45) is 9.35. The second-order valence-corrected chi connectivity index (χ2v) is 9.51. The number of hydrogen-bond donors (Lipinski definition) is 1. The molecule has 1 aromatic heterocycles. The van der Waals surface area contributed by atoms with Gasteiger partial charge in [-0.2, -0.15) is 0 Å². The molecular formula is C25H30N2O2S. The van der Waals surface area contributed by atoms with Gasteiger partial charge in [0, 0.05) is 31.4 Å². The lowest BCUT2D eigenvalue weighted by molar-refractivity contribution is -0.141. The van der Waals surface area contributed by atoms with E-state index in [2.05, 4.69) is 53.2 Å². The minimum atomic E-state index is -0.582. The van der Waals surface area contributed by atoms with Crippen LogP contribution in [-0.2, 0) is 16.0 Å². The standard InChI is InChI=1S/C25H30N2O2S/c1-26-24(29)25(17-20-10-4-5-11-21(20)22-12-6-15-30-22)13-7-14-27(18-25)23(28)16-19-8-2-3-9-19/h2,4-6,8,10-12,15,19H,3,7,9,13-14,16-18H2,1H3,(H,26,29)/t19-,25+/m0/s1. The predicted molar refractivity (Wildman–Crippen MR) is 122 cm³/mol. The molecule has 0 spiro atoms. The minimum absolute atomic E-state index is 0.0433. The molecule has 4 rings (SSSR count). The molecule has 1 saturated heterocycles. The molecular weight excluding hydrogens is 392 g/mol. The van der Waals surface area contributed by atoms with E-state index in [1.165, 1.54) is 16.0 Å². The van der Waals surface area contributed by atoms with Crippen molar-refractivity contribution >= 4 is 23.2 Å². The lowest BCUT2D eigenvalue weighted by Gasteiger charge is -2.42. The molecule has 2 aliphatic rings. The summed E-state index contributed by atoms with van der Waals surface area (Å²) in [5.41, 5.74) is 1.79. The average molecular weight is 423 g/mol. The smallest absolute Gasteiger partial charge is 0.228 e. The van der Waals surface area contributed by atoms with Crippen LogP contribution in [0.25, 0.3) is 10.4 Å². The normalized spacial score (nSPS) is 23.5. The molecule has 0 unspecified atom stereocenters. The van der Waals surface area contributed by atoms with Crippen molar-refractivity contribution in [1.29, 1.82) is 0 Å². The van der Waals surface area contributed by atoms with Gasteiger partial charge in [0.25, 0.3) is 0 Å². The summed E-state index contributed by atoms with van der Waals surface area (Å²) in [5, 5.41) is 4.98. The number of allylic oxidation sites excluding steroid dienone is 2. The highest BCUT2D eigenvalue weighted by Crippen LogP contribution is 2.38. The Morgan fingerprint density at radius 1 is 1.23 bits per heavy atom. The van der Waals surface area contributed by atoms with Crippen LogP contribution < -0.4 is 5.32 Å². The molecule has 0 radical (unpaired) electrons. The van der Waals surface area contributed by atoms with Crippen molar-refractivity contribution in [2.45, 2.75) is 38.5 Å². The molecule has 2 heterocycles. The number of hydrogen-bond acceptors (Lipinski definition) is 3. The van der Waals surface area contributed by atoms with Crippen molar-refractivity contribution in [3.8, 4) is 10.4 Å². The number of carbonyl (C=O) groups excluding carboxylic acids is 2. The number of nitrogens with one attached hydrogen (secondary N) is 1. The van der Waals surface area contributed by atoms with Crippen molar-refractivity contribution in [3.63, 3.8) is 0 Å². The minimum Gasteiger partial charge on any atom is -0.359 e. The lowest BCUT2D eigenvalue weighted by Crippen LogP contribution is -2.54. The zero-order chi connectivity index (χ0) is 21.0. The quantitative estimate of drug-likeness (QED) is 0.688. The number of carbonyl (C=O) groups is 2. The molecule has 158 valence electrons. The first kappa shape index (κ1) is 20.9. The zero-order valence-electron chi connectivity index (χ0n) is 17.6. The Hall–Kier alpha value is -2.40. The van der Waals surface area contributed by atoms with Crippen LogP contribution in [0.1, 0.15) is 37.7 Å². The van der Waals surface area contributed by atoms with Gasteiger partial charge in [0.1, 0.15) is 0 Å². The van der Waals surface area contributed by atoms with Gasteiger partial charge in [0.2, 0.25) is 11.8 Å². The summed E-state index contributed by atoms with van der Waals surface area (Å²) < 4.78 is 0. The van der Waals surface area contributed by atoms with Gasteiger partial charge in [-0.05, 0) is 60.6 Å². The predicted octanol–water partition coefficient (Wildman–Crippen LogP) is 4.67. The van der Waals surface area contributed by atoms with Crippen molar-refractivity contribution in [3.05, 3.63) is 59.5 Å². The number of piperidine rings is 1. The molecule has 2 atom stereocenters. The van der Waals surface area contributed by atoms with E-state index in [-0.39, 0.29) is 11.8 Å². The Balaban J connectivity index is 1.58. The fraction of sp³-hybridized carbons (Fsp3) is 0.440. The van der Waals surface area contributed by atoms with E-state index in [1.807, 2.05) is 11.0 Å². The number of benzene rings is 1. The van der Waals surface area contributed by atoms with Gasteiger partial charge >= 0.3 is 0 Å². The molecule has 1 aliphatic carbocycles. The second kappa shape index (κ2) is 9.17. The molecule has 0 bridgehead atoms. The third-order valence-electron chi connectivity index (χ3n) is 6.52. The maximum atomic E-state index is 13.1. The third-order valence-corrected chi connectivity index (χ3v) is 7.42. The molecule has 5 heteroatoms. The fourth-order valence-corrected chi connectivity index (χ4v) is 5.74. The Morgan fingerprint density at radius 2 is 2.10 bits per heavy atom. The van der Waals surface area contributed by atoms with Crippen LogP contribution in [0.15, 0.2) is 53.9 Å². The van der Waals surface area contributed by atoms with Gasteiger partial charge in [-0.3, -0.25) is 9.59 Å². The SMILES string of the molecule is CNC(=O)[C@@]1(Cc2ccccc2-c2cccs2)CCCN(C(=O)C[C@H]2C=CCC2)C1. The number of amides is 2.